The van der Waals surface area contributed by atoms with Gasteiger partial charge in [0.2, 0.25) is 0 Å². The molecule has 2 aromatic heterocycles. The molecule has 0 bridgehead atoms. The predicted octanol–water partition coefficient (Wildman–Crippen LogP) is 6.32. The number of pyridine rings is 1. The van der Waals surface area contributed by atoms with Crippen LogP contribution in [0.3, 0.4) is 0 Å². The van der Waals surface area contributed by atoms with E-state index in [4.69, 9.17) is 26.1 Å². The zero-order valence-electron chi connectivity index (χ0n) is 23.7. The maximum absolute atomic E-state index is 12.5. The Bertz CT molecular complexity index is 1760. The number of thiocarbonyl (C=S) groups is 1. The zero-order chi connectivity index (χ0) is 30.5. The van der Waals surface area contributed by atoms with Gasteiger partial charge in [0, 0.05) is 23.1 Å². The summed E-state index contributed by atoms with van der Waals surface area (Å²) in [5.74, 6) is 1.28. The molecule has 2 atom stereocenters. The molecule has 0 spiro atoms. The standard InChI is InChI=1S/C34H28N4O5S/c1-41-33(40)23-12-10-22(11-13-23)28-18-19-29(43-28)32-31(27-9-5-6-20-35-27)37-34(44)38(32)25-16-14-24(15-17-25)36-30(39)21-42-26-7-3-2-4-8-26/h2-20,31-32H,21H2,1H3,(H,36,39)(H,37,44)/t31-,32+/m0/s1. The number of hydrogen-bond donors (Lipinski definition) is 2. The van der Waals surface area contributed by atoms with Gasteiger partial charge in [0.05, 0.1) is 24.4 Å². The first-order chi connectivity index (χ1) is 21.5. The highest BCUT2D eigenvalue weighted by molar-refractivity contribution is 7.80. The van der Waals surface area contributed by atoms with Crippen LogP contribution in [0.2, 0.25) is 0 Å². The zero-order valence-corrected chi connectivity index (χ0v) is 24.5. The van der Waals surface area contributed by atoms with Crippen LogP contribution in [-0.4, -0.2) is 35.7 Å². The fourth-order valence-electron chi connectivity index (χ4n) is 5.05. The van der Waals surface area contributed by atoms with Crippen molar-refractivity contribution >= 4 is 40.6 Å². The van der Waals surface area contributed by atoms with E-state index >= 15 is 0 Å². The van der Waals surface area contributed by atoms with E-state index in [1.807, 2.05) is 89.8 Å². The Balaban J connectivity index is 1.24. The molecule has 3 heterocycles. The third-order valence-corrected chi connectivity index (χ3v) is 7.46. The van der Waals surface area contributed by atoms with Gasteiger partial charge in [-0.1, -0.05) is 36.4 Å². The monoisotopic (exact) mass is 604 g/mol. The second-order valence-electron chi connectivity index (χ2n) is 9.96. The van der Waals surface area contributed by atoms with Crippen LogP contribution in [0.1, 0.15) is 33.9 Å². The van der Waals surface area contributed by atoms with Crippen molar-refractivity contribution < 1.29 is 23.5 Å². The fraction of sp³-hybridized carbons (Fsp3) is 0.118. The molecule has 44 heavy (non-hydrogen) atoms. The first-order valence-corrected chi connectivity index (χ1v) is 14.3. The number of ether oxygens (including phenoxy) is 2. The molecule has 1 fully saturated rings. The molecule has 10 heteroatoms. The predicted molar refractivity (Wildman–Crippen MR) is 170 cm³/mol. The average Bonchev–Trinajstić information content (AvgIpc) is 3.69. The summed E-state index contributed by atoms with van der Waals surface area (Å²) < 4.78 is 16.8. The smallest absolute Gasteiger partial charge is 0.337 e. The van der Waals surface area contributed by atoms with Crippen LogP contribution in [0.25, 0.3) is 11.3 Å². The highest BCUT2D eigenvalue weighted by atomic mass is 32.1. The van der Waals surface area contributed by atoms with Crippen LogP contribution in [0.15, 0.2) is 120 Å². The lowest BCUT2D eigenvalue weighted by atomic mass is 10.0. The summed E-state index contributed by atoms with van der Waals surface area (Å²) in [6.45, 7) is -0.105. The van der Waals surface area contributed by atoms with Gasteiger partial charge in [0.15, 0.2) is 11.7 Å². The number of methoxy groups -OCH3 is 1. The fourth-order valence-corrected chi connectivity index (χ4v) is 5.39. The Morgan fingerprint density at radius 1 is 0.932 bits per heavy atom. The molecule has 0 aliphatic carbocycles. The second kappa shape index (κ2) is 12.8. The van der Waals surface area contributed by atoms with Crippen LogP contribution < -0.4 is 20.3 Å². The highest BCUT2D eigenvalue weighted by Gasteiger charge is 2.42. The molecule has 1 aliphatic rings. The van der Waals surface area contributed by atoms with E-state index in [2.05, 4.69) is 15.6 Å². The van der Waals surface area contributed by atoms with Crippen molar-refractivity contribution in [3.8, 4) is 17.1 Å². The average molecular weight is 605 g/mol. The first kappa shape index (κ1) is 28.6. The van der Waals surface area contributed by atoms with Crippen LogP contribution >= 0.6 is 12.2 Å². The van der Waals surface area contributed by atoms with E-state index in [0.29, 0.717) is 33.6 Å². The van der Waals surface area contributed by atoms with Gasteiger partial charge in [-0.05, 0) is 85.0 Å². The molecule has 9 nitrogen and oxygen atoms in total. The molecule has 0 radical (unpaired) electrons. The van der Waals surface area contributed by atoms with Gasteiger partial charge in [0.25, 0.3) is 5.91 Å². The van der Waals surface area contributed by atoms with E-state index < -0.39 is 5.97 Å². The maximum Gasteiger partial charge on any atom is 0.337 e. The molecule has 1 amide bonds. The molecule has 220 valence electrons. The molecule has 1 aliphatic heterocycles. The third-order valence-electron chi connectivity index (χ3n) is 7.15. The topological polar surface area (TPSA) is 106 Å². The molecule has 3 aromatic carbocycles. The van der Waals surface area contributed by atoms with Gasteiger partial charge in [-0.2, -0.15) is 0 Å². The van der Waals surface area contributed by atoms with Gasteiger partial charge >= 0.3 is 5.97 Å². The third kappa shape index (κ3) is 6.16. The number of esters is 1. The molecular formula is C34H28N4O5S. The minimum absolute atomic E-state index is 0.105. The largest absolute Gasteiger partial charge is 0.484 e. The second-order valence-corrected chi connectivity index (χ2v) is 10.4. The molecule has 0 unspecified atom stereocenters. The Hall–Kier alpha value is -5.48. The Labute approximate surface area is 259 Å². The number of benzene rings is 3. The SMILES string of the molecule is COC(=O)c1ccc(-c2ccc([C@@H]3[C@H](c4ccccn4)NC(=S)N3c3ccc(NC(=O)COc4ccccc4)cc3)o2)cc1. The molecule has 5 aromatic rings. The number of hydrogen-bond acceptors (Lipinski definition) is 7. The van der Waals surface area contributed by atoms with Crippen LogP contribution in [0, 0.1) is 0 Å². The molecule has 2 N–H and O–H groups in total. The minimum Gasteiger partial charge on any atom is -0.484 e. The van der Waals surface area contributed by atoms with Crippen molar-refractivity contribution in [3.05, 3.63) is 132 Å². The van der Waals surface area contributed by atoms with Crippen molar-refractivity contribution in [2.24, 2.45) is 0 Å². The number of carbonyl (C=O) groups excluding carboxylic acids is 2. The van der Waals surface area contributed by atoms with Crippen LogP contribution in [0.5, 0.6) is 5.75 Å². The Kier molecular flexibility index (Phi) is 8.33. The van der Waals surface area contributed by atoms with Crippen molar-refractivity contribution in [2.45, 2.75) is 12.1 Å². The molecule has 0 saturated carbocycles. The summed E-state index contributed by atoms with van der Waals surface area (Å²) >= 11 is 5.83. The van der Waals surface area contributed by atoms with E-state index in [1.54, 1.807) is 30.5 Å². The van der Waals surface area contributed by atoms with E-state index in [9.17, 15) is 9.59 Å². The van der Waals surface area contributed by atoms with E-state index in [0.717, 1.165) is 16.9 Å². The minimum atomic E-state index is -0.401. The van der Waals surface area contributed by atoms with Crippen molar-refractivity contribution in [3.63, 3.8) is 0 Å². The summed E-state index contributed by atoms with van der Waals surface area (Å²) in [7, 11) is 1.35. The van der Waals surface area contributed by atoms with E-state index in [-0.39, 0.29) is 24.6 Å². The summed E-state index contributed by atoms with van der Waals surface area (Å²) in [5, 5.41) is 6.80. The number of carbonyl (C=O) groups is 2. The molecule has 6 rings (SSSR count). The number of amides is 1. The number of aromatic nitrogens is 1. The normalized spacial score (nSPS) is 15.8. The lowest BCUT2D eigenvalue weighted by Gasteiger charge is -2.26. The highest BCUT2D eigenvalue weighted by Crippen LogP contribution is 2.43. The number of rotatable bonds is 9. The number of nitrogens with one attached hydrogen (secondary N) is 2. The van der Waals surface area contributed by atoms with Crippen molar-refractivity contribution in [1.82, 2.24) is 10.3 Å². The number of para-hydroxylation sites is 1. The number of furan rings is 1. The first-order valence-electron chi connectivity index (χ1n) is 13.9. The van der Waals surface area contributed by atoms with Gasteiger partial charge in [-0.3, -0.25) is 9.78 Å². The van der Waals surface area contributed by atoms with Crippen LogP contribution in [-0.2, 0) is 9.53 Å². The van der Waals surface area contributed by atoms with Gasteiger partial charge in [0.1, 0.15) is 23.3 Å². The lowest BCUT2D eigenvalue weighted by Crippen LogP contribution is -2.29. The van der Waals surface area contributed by atoms with Gasteiger partial charge < -0.3 is 29.4 Å². The Morgan fingerprint density at radius 3 is 2.39 bits per heavy atom. The maximum atomic E-state index is 12.5. The Morgan fingerprint density at radius 2 is 1.68 bits per heavy atom. The molecular weight excluding hydrogens is 576 g/mol. The van der Waals surface area contributed by atoms with Crippen molar-refractivity contribution in [2.75, 3.05) is 23.9 Å². The quantitative estimate of drug-likeness (QED) is 0.148. The summed E-state index contributed by atoms with van der Waals surface area (Å²) in [5.41, 5.74) is 3.52. The van der Waals surface area contributed by atoms with Crippen molar-refractivity contribution in [1.29, 1.82) is 0 Å². The summed E-state index contributed by atoms with van der Waals surface area (Å²) in [4.78, 5) is 30.9. The number of anilines is 2. The van der Waals surface area contributed by atoms with E-state index in [1.165, 1.54) is 7.11 Å². The summed E-state index contributed by atoms with van der Waals surface area (Å²) in [6, 6.07) is 32.6. The number of nitrogens with zero attached hydrogens (tertiary/aromatic N) is 2. The summed E-state index contributed by atoms with van der Waals surface area (Å²) in [6.07, 6.45) is 1.75. The van der Waals surface area contributed by atoms with Gasteiger partial charge in [-0.25, -0.2) is 4.79 Å². The molecule has 1 saturated heterocycles. The van der Waals surface area contributed by atoms with Gasteiger partial charge in [-0.15, -0.1) is 0 Å². The lowest BCUT2D eigenvalue weighted by molar-refractivity contribution is -0.118. The van der Waals surface area contributed by atoms with Crippen LogP contribution in [0.4, 0.5) is 11.4 Å².